The van der Waals surface area contributed by atoms with E-state index in [1.165, 1.54) is 13.2 Å². The van der Waals surface area contributed by atoms with Crippen LogP contribution in [0.1, 0.15) is 18.6 Å². The number of ether oxygens (including phenoxy) is 1. The monoisotopic (exact) mass is 294 g/mol. The molecule has 1 heterocycles. The first-order valence-electron chi connectivity index (χ1n) is 6.04. The number of aliphatic hydroxyl groups excluding tert-OH is 1. The van der Waals surface area contributed by atoms with Gasteiger partial charge in [0.05, 0.1) is 18.1 Å². The first kappa shape index (κ1) is 14.6. The van der Waals surface area contributed by atoms with Crippen LogP contribution in [0, 0.1) is 0 Å². The van der Waals surface area contributed by atoms with Crippen LogP contribution in [0.2, 0.25) is 0 Å². The van der Waals surface area contributed by atoms with E-state index in [-0.39, 0.29) is 5.58 Å². The molecule has 4 nitrogen and oxygen atoms in total. The van der Waals surface area contributed by atoms with E-state index in [0.29, 0.717) is 22.3 Å². The molecular formula is C15H15ClO4. The van der Waals surface area contributed by atoms with E-state index >= 15 is 0 Å². The summed E-state index contributed by atoms with van der Waals surface area (Å²) in [6.45, 7) is 5.45. The van der Waals surface area contributed by atoms with Crippen LogP contribution in [0.5, 0.6) is 5.75 Å². The highest BCUT2D eigenvalue weighted by Gasteiger charge is 2.26. The Morgan fingerprint density at radius 2 is 2.05 bits per heavy atom. The summed E-state index contributed by atoms with van der Waals surface area (Å²) < 4.78 is 10.4. The predicted molar refractivity (Wildman–Crippen MR) is 78.5 cm³/mol. The van der Waals surface area contributed by atoms with Crippen LogP contribution in [0.3, 0.4) is 0 Å². The average Bonchev–Trinajstić information content (AvgIpc) is 2.44. The van der Waals surface area contributed by atoms with Crippen molar-refractivity contribution in [1.82, 2.24) is 0 Å². The van der Waals surface area contributed by atoms with Crippen LogP contribution in [0.25, 0.3) is 11.0 Å². The van der Waals surface area contributed by atoms with E-state index < -0.39 is 17.1 Å². The second-order valence-corrected chi connectivity index (χ2v) is 5.02. The van der Waals surface area contributed by atoms with Gasteiger partial charge in [-0.2, -0.15) is 0 Å². The number of aliphatic hydroxyl groups is 1. The molecule has 0 amide bonds. The van der Waals surface area contributed by atoms with Gasteiger partial charge in [0, 0.05) is 11.5 Å². The molecule has 1 aromatic carbocycles. The lowest BCUT2D eigenvalue weighted by Crippen LogP contribution is -2.15. The molecule has 20 heavy (non-hydrogen) atoms. The zero-order valence-electron chi connectivity index (χ0n) is 11.2. The molecule has 1 N–H and O–H groups in total. The Morgan fingerprint density at radius 3 is 2.65 bits per heavy atom. The van der Waals surface area contributed by atoms with Crippen LogP contribution < -0.4 is 10.4 Å². The zero-order valence-corrected chi connectivity index (χ0v) is 12.0. The molecule has 0 aliphatic carbocycles. The van der Waals surface area contributed by atoms with Crippen molar-refractivity contribution in [1.29, 1.82) is 0 Å². The molecule has 0 saturated heterocycles. The zero-order chi connectivity index (χ0) is 14.9. The number of alkyl halides is 1. The summed E-state index contributed by atoms with van der Waals surface area (Å²) >= 11 is 6.14. The van der Waals surface area contributed by atoms with E-state index in [2.05, 4.69) is 6.58 Å². The summed E-state index contributed by atoms with van der Waals surface area (Å²) in [5, 5.41) is 10.4. The maximum atomic E-state index is 11.4. The maximum Gasteiger partial charge on any atom is 0.336 e. The maximum absolute atomic E-state index is 11.4. The molecule has 0 aliphatic rings. The van der Waals surface area contributed by atoms with Crippen molar-refractivity contribution in [2.75, 3.05) is 7.11 Å². The van der Waals surface area contributed by atoms with Gasteiger partial charge < -0.3 is 14.3 Å². The second-order valence-electron chi connectivity index (χ2n) is 4.55. The van der Waals surface area contributed by atoms with E-state index in [1.54, 1.807) is 25.1 Å². The minimum absolute atomic E-state index is 0.274. The van der Waals surface area contributed by atoms with Crippen molar-refractivity contribution in [3.05, 3.63) is 52.4 Å². The molecule has 0 aliphatic heterocycles. The fraction of sp³-hybridized carbons (Fsp3) is 0.267. The van der Waals surface area contributed by atoms with Crippen molar-refractivity contribution in [3.8, 4) is 5.75 Å². The number of hydrogen-bond acceptors (Lipinski definition) is 4. The largest absolute Gasteiger partial charge is 0.496 e. The smallest absolute Gasteiger partial charge is 0.336 e. The third-order valence-electron chi connectivity index (χ3n) is 3.05. The average molecular weight is 295 g/mol. The van der Waals surface area contributed by atoms with Crippen LogP contribution in [-0.4, -0.2) is 17.6 Å². The molecule has 0 saturated carbocycles. The highest BCUT2D eigenvalue weighted by atomic mass is 35.5. The molecule has 2 unspecified atom stereocenters. The van der Waals surface area contributed by atoms with Crippen molar-refractivity contribution in [2.24, 2.45) is 0 Å². The number of benzene rings is 1. The number of fused-ring (bicyclic) bond motifs is 1. The van der Waals surface area contributed by atoms with Gasteiger partial charge in [0.1, 0.15) is 17.4 Å². The van der Waals surface area contributed by atoms with Gasteiger partial charge in [0.25, 0.3) is 0 Å². The summed E-state index contributed by atoms with van der Waals surface area (Å²) in [6.07, 6.45) is -1.08. The molecule has 0 fully saturated rings. The first-order chi connectivity index (χ1) is 9.45. The lowest BCUT2D eigenvalue weighted by molar-refractivity contribution is 0.177. The molecule has 0 bridgehead atoms. The van der Waals surface area contributed by atoms with Gasteiger partial charge in [-0.25, -0.2) is 4.79 Å². The summed E-state index contributed by atoms with van der Waals surface area (Å²) in [5.74, 6) is 0.409. The summed E-state index contributed by atoms with van der Waals surface area (Å²) in [7, 11) is 1.47. The topological polar surface area (TPSA) is 59.7 Å². The Labute approximate surface area is 121 Å². The third kappa shape index (κ3) is 2.57. The van der Waals surface area contributed by atoms with Crippen molar-refractivity contribution in [2.45, 2.75) is 18.4 Å². The Balaban J connectivity index is 2.73. The minimum Gasteiger partial charge on any atom is -0.496 e. The van der Waals surface area contributed by atoms with Gasteiger partial charge >= 0.3 is 5.63 Å². The van der Waals surface area contributed by atoms with E-state index in [9.17, 15) is 9.90 Å². The summed E-state index contributed by atoms with van der Waals surface area (Å²) in [5.41, 5.74) is 0.735. The standard InChI is InChI=1S/C15H15ClO4/c1-8(2)13(16)14(18)12-10(19-3)6-4-9-5-7-11(17)20-15(9)12/h4-7,13-14,18H,1H2,2-3H3. The Hall–Kier alpha value is -1.78. The van der Waals surface area contributed by atoms with Gasteiger partial charge in [0.2, 0.25) is 0 Å². The first-order valence-corrected chi connectivity index (χ1v) is 6.47. The molecular weight excluding hydrogens is 280 g/mol. The number of rotatable bonds is 4. The number of halogens is 1. The minimum atomic E-state index is -1.08. The summed E-state index contributed by atoms with van der Waals surface area (Å²) in [6, 6.07) is 6.39. The van der Waals surface area contributed by atoms with Crippen LogP contribution in [-0.2, 0) is 0 Å². The Bertz CT molecular complexity index is 705. The van der Waals surface area contributed by atoms with Crippen LogP contribution in [0.4, 0.5) is 0 Å². The number of methoxy groups -OCH3 is 1. The van der Waals surface area contributed by atoms with Gasteiger partial charge in [-0.3, -0.25) is 0 Å². The third-order valence-corrected chi connectivity index (χ3v) is 3.66. The van der Waals surface area contributed by atoms with Gasteiger partial charge in [-0.1, -0.05) is 12.2 Å². The van der Waals surface area contributed by atoms with E-state index in [4.69, 9.17) is 20.8 Å². The van der Waals surface area contributed by atoms with E-state index in [0.717, 1.165) is 0 Å². The van der Waals surface area contributed by atoms with Crippen molar-refractivity contribution < 1.29 is 14.3 Å². The fourth-order valence-corrected chi connectivity index (χ4v) is 2.14. The summed E-state index contributed by atoms with van der Waals surface area (Å²) in [4.78, 5) is 11.4. The van der Waals surface area contributed by atoms with E-state index in [1.807, 2.05) is 0 Å². The molecule has 106 valence electrons. The number of hydrogen-bond donors (Lipinski definition) is 1. The predicted octanol–water partition coefficient (Wildman–Crippen LogP) is 3.02. The molecule has 2 rings (SSSR count). The van der Waals surface area contributed by atoms with Gasteiger partial charge in [-0.05, 0) is 25.1 Å². The quantitative estimate of drug-likeness (QED) is 0.535. The lowest BCUT2D eigenvalue weighted by Gasteiger charge is -2.20. The van der Waals surface area contributed by atoms with Gasteiger partial charge in [0.15, 0.2) is 0 Å². The molecule has 2 aromatic rings. The molecule has 0 spiro atoms. The molecule has 5 heteroatoms. The lowest BCUT2D eigenvalue weighted by atomic mass is 9.99. The highest BCUT2D eigenvalue weighted by molar-refractivity contribution is 6.22. The molecule has 0 radical (unpaired) electrons. The molecule has 1 aromatic heterocycles. The van der Waals surface area contributed by atoms with Crippen LogP contribution >= 0.6 is 11.6 Å². The molecule has 2 atom stereocenters. The SMILES string of the molecule is C=C(C)C(Cl)C(O)c1c(OC)ccc2ccc(=O)oc12. The normalized spacial score (nSPS) is 14.0. The Morgan fingerprint density at radius 1 is 1.40 bits per heavy atom. The van der Waals surface area contributed by atoms with Crippen LogP contribution in [0.15, 0.2) is 45.6 Å². The van der Waals surface area contributed by atoms with Gasteiger partial charge in [-0.15, -0.1) is 11.6 Å². The Kier molecular flexibility index (Phi) is 4.16. The fourth-order valence-electron chi connectivity index (χ4n) is 2.01. The van der Waals surface area contributed by atoms with Crippen molar-refractivity contribution in [3.63, 3.8) is 0 Å². The van der Waals surface area contributed by atoms with Crippen molar-refractivity contribution >= 4 is 22.6 Å². The second kappa shape index (κ2) is 5.69. The highest BCUT2D eigenvalue weighted by Crippen LogP contribution is 2.37.